The number of hydrogen-bond donors (Lipinski definition) is 0. The van der Waals surface area contributed by atoms with Crippen molar-refractivity contribution in [1.82, 2.24) is 0 Å². The Morgan fingerprint density at radius 1 is 0.442 bits per heavy atom. The fourth-order valence-electron chi connectivity index (χ4n) is 16.5. The molecule has 0 N–H and O–H groups in total. The lowest BCUT2D eigenvalue weighted by atomic mass is 9.35. The van der Waals surface area contributed by atoms with Crippen molar-refractivity contribution in [2.45, 2.75) is 225 Å². The molecule has 77 heavy (non-hydrogen) atoms. The third kappa shape index (κ3) is 6.85. The third-order valence-corrected chi connectivity index (χ3v) is 23.5. The van der Waals surface area contributed by atoms with Crippen LogP contribution in [-0.4, -0.2) is 6.71 Å². The summed E-state index contributed by atoms with van der Waals surface area (Å²) in [5, 5.41) is 1.42. The average molecular weight is 1030 g/mol. The molecule has 2 nitrogen and oxygen atoms in total. The molecule has 1 unspecified atom stereocenters. The van der Waals surface area contributed by atoms with E-state index in [1.807, 2.05) is 0 Å². The third-order valence-electron chi connectivity index (χ3n) is 22.3. The van der Waals surface area contributed by atoms with Crippen LogP contribution in [-0.2, 0) is 48.7 Å². The monoisotopic (exact) mass is 1030 g/mol. The van der Waals surface area contributed by atoms with Crippen molar-refractivity contribution in [3.8, 4) is 11.1 Å². The first-order valence-corrected chi connectivity index (χ1v) is 30.7. The maximum absolute atomic E-state index is 2.84. The molecule has 1 atom stereocenters. The number of anilines is 6. The summed E-state index contributed by atoms with van der Waals surface area (Å²) in [4.78, 5) is 5.66. The minimum absolute atomic E-state index is 0.00580. The number of thiophene rings is 1. The summed E-state index contributed by atoms with van der Waals surface area (Å²) < 4.78 is 2.93. The molecule has 0 saturated carbocycles. The molecular weight excluding hydrogens is 948 g/mol. The fourth-order valence-corrected chi connectivity index (χ4v) is 17.8. The van der Waals surface area contributed by atoms with Crippen molar-refractivity contribution in [3.05, 3.63) is 147 Å². The second-order valence-electron chi connectivity index (χ2n) is 31.7. The molecule has 14 rings (SSSR count). The lowest BCUT2D eigenvalue weighted by Crippen LogP contribution is -2.61. The van der Waals surface area contributed by atoms with Crippen LogP contribution in [0.4, 0.5) is 34.1 Å². The van der Waals surface area contributed by atoms with Crippen molar-refractivity contribution in [2.75, 3.05) is 9.80 Å². The molecular formula is C73H85BN2S. The van der Waals surface area contributed by atoms with Gasteiger partial charge in [0.25, 0.3) is 6.71 Å². The predicted octanol–water partition coefficient (Wildman–Crippen LogP) is 18.7. The van der Waals surface area contributed by atoms with Crippen molar-refractivity contribution in [1.29, 1.82) is 0 Å². The highest BCUT2D eigenvalue weighted by Gasteiger charge is 2.52. The first kappa shape index (κ1) is 50.2. The van der Waals surface area contributed by atoms with Crippen LogP contribution in [0.3, 0.4) is 0 Å². The molecule has 4 aliphatic carbocycles. The minimum atomic E-state index is -0.146. The predicted molar refractivity (Wildman–Crippen MR) is 335 cm³/mol. The highest BCUT2D eigenvalue weighted by molar-refractivity contribution is 7.33. The highest BCUT2D eigenvalue weighted by atomic mass is 32.1. The molecule has 6 aromatic carbocycles. The molecule has 0 radical (unpaired) electrons. The van der Waals surface area contributed by atoms with Gasteiger partial charge < -0.3 is 9.80 Å². The molecule has 0 fully saturated rings. The number of nitrogens with zero attached hydrogens (tertiary/aromatic N) is 2. The van der Waals surface area contributed by atoms with Gasteiger partial charge in [0.2, 0.25) is 0 Å². The maximum atomic E-state index is 2.84. The van der Waals surface area contributed by atoms with Gasteiger partial charge in [-0.1, -0.05) is 161 Å². The van der Waals surface area contributed by atoms with Crippen LogP contribution in [0.25, 0.3) is 21.2 Å². The number of rotatable bonds is 1. The van der Waals surface area contributed by atoms with E-state index in [0.717, 1.165) is 12.8 Å². The van der Waals surface area contributed by atoms with E-state index in [1.165, 1.54) is 154 Å². The van der Waals surface area contributed by atoms with Crippen LogP contribution < -0.4 is 25.5 Å². The van der Waals surface area contributed by atoms with Gasteiger partial charge in [-0.15, -0.1) is 11.3 Å². The Hall–Kier alpha value is -5.06. The van der Waals surface area contributed by atoms with Crippen molar-refractivity contribution in [3.63, 3.8) is 0 Å². The summed E-state index contributed by atoms with van der Waals surface area (Å²) in [7, 11) is 0. The molecule has 1 aromatic heterocycles. The molecule has 4 bridgehead atoms. The molecule has 7 aliphatic rings. The van der Waals surface area contributed by atoms with E-state index in [2.05, 4.69) is 237 Å². The van der Waals surface area contributed by atoms with E-state index in [1.54, 1.807) is 11.1 Å². The topological polar surface area (TPSA) is 6.48 Å². The van der Waals surface area contributed by atoms with Gasteiger partial charge in [-0.3, -0.25) is 0 Å². The number of benzene rings is 6. The van der Waals surface area contributed by atoms with Crippen LogP contribution in [0.15, 0.2) is 91.0 Å². The molecule has 0 spiro atoms. The standard InChI is InChI=1S/C73H85BN2S/c1-65(2,3)44-33-59-62-60(34-44)76-57-39-53-50(68(8,9)26-28-70(53,12)13)36-46(57)42-20-19-21-43(32-42)73(18)31-30-72(16,17)52-38-56(58(76)40-55(52)73)74(62)64-63(47-37-51-54(41-61(47)77-64)71(14,15)29-27-69(51,10)11)75(59)45-22-23-48-49(35-45)67(6,7)25-24-66(48,4)5/h19-23,32-41H,24-31H2,1-18H3. The van der Waals surface area contributed by atoms with Gasteiger partial charge in [0.15, 0.2) is 0 Å². The van der Waals surface area contributed by atoms with E-state index < -0.39 is 0 Å². The SMILES string of the molecule is CC(C)(C)c1cc2c3c(c1)N(c1ccc4c(c1)C(C)(C)CCC4(C)C)c1c(sc4cc5c(cc14)C(C)(C)CCC5(C)C)B3c1cc3c4cc1N2c1cc2c(cc1-c1cccc(c1)C4(C)CCC3(C)C)C(C)(C)CCC2(C)C. The Bertz CT molecular complexity index is 3770. The lowest BCUT2D eigenvalue weighted by Gasteiger charge is -2.49. The molecule has 396 valence electrons. The minimum Gasteiger partial charge on any atom is -0.311 e. The van der Waals surface area contributed by atoms with Crippen molar-refractivity contribution in [2.24, 2.45) is 0 Å². The Morgan fingerprint density at radius 3 is 1.56 bits per heavy atom. The quantitative estimate of drug-likeness (QED) is 0.151. The second-order valence-corrected chi connectivity index (χ2v) is 32.8. The van der Waals surface area contributed by atoms with Crippen LogP contribution in [0.5, 0.6) is 0 Å². The van der Waals surface area contributed by atoms with Gasteiger partial charge in [-0.25, -0.2) is 0 Å². The average Bonchev–Trinajstić information content (AvgIpc) is 3.81. The summed E-state index contributed by atoms with van der Waals surface area (Å²) in [6.45, 7) is 45.1. The Labute approximate surface area is 467 Å². The van der Waals surface area contributed by atoms with Gasteiger partial charge in [0.05, 0.1) is 11.4 Å². The van der Waals surface area contributed by atoms with Gasteiger partial charge in [-0.05, 0) is 221 Å². The zero-order valence-corrected chi connectivity index (χ0v) is 51.0. The number of hydrogen-bond acceptors (Lipinski definition) is 3. The van der Waals surface area contributed by atoms with Crippen molar-refractivity contribution >= 4 is 78.0 Å². The van der Waals surface area contributed by atoms with Crippen molar-refractivity contribution < 1.29 is 0 Å². The van der Waals surface area contributed by atoms with Crippen LogP contribution in [0, 0.1) is 0 Å². The summed E-state index contributed by atoms with van der Waals surface area (Å²) >= 11 is 2.11. The molecule has 0 saturated heterocycles. The smallest absolute Gasteiger partial charge is 0.264 e. The summed E-state index contributed by atoms with van der Waals surface area (Å²) in [6.07, 6.45) is 9.40. The zero-order valence-electron chi connectivity index (χ0n) is 50.2. The van der Waals surface area contributed by atoms with Crippen LogP contribution >= 0.6 is 11.3 Å². The number of fused-ring (bicyclic) bond motifs is 15. The molecule has 0 amide bonds. The summed E-state index contributed by atoms with van der Waals surface area (Å²) in [5.74, 6) is 0. The molecule has 3 aliphatic heterocycles. The van der Waals surface area contributed by atoms with Gasteiger partial charge in [0, 0.05) is 48.6 Å². The first-order chi connectivity index (χ1) is 35.8. The maximum Gasteiger partial charge on any atom is 0.264 e. The largest absolute Gasteiger partial charge is 0.311 e. The second kappa shape index (κ2) is 15.2. The first-order valence-electron chi connectivity index (χ1n) is 29.9. The zero-order chi connectivity index (χ0) is 54.5. The van der Waals surface area contributed by atoms with Crippen LogP contribution in [0.1, 0.15) is 232 Å². The molecule has 4 heterocycles. The summed E-state index contributed by atoms with van der Waals surface area (Å²) in [5.41, 5.74) is 28.9. The van der Waals surface area contributed by atoms with E-state index in [4.69, 9.17) is 0 Å². The lowest BCUT2D eigenvalue weighted by molar-refractivity contribution is 0.332. The van der Waals surface area contributed by atoms with Gasteiger partial charge in [-0.2, -0.15) is 0 Å². The Balaban J connectivity index is 1.17. The molecule has 4 heteroatoms. The highest BCUT2D eigenvalue weighted by Crippen LogP contribution is 2.59. The van der Waals surface area contributed by atoms with Gasteiger partial charge in [0.1, 0.15) is 0 Å². The van der Waals surface area contributed by atoms with Crippen LogP contribution in [0.2, 0.25) is 0 Å². The van der Waals surface area contributed by atoms with E-state index in [0.29, 0.717) is 0 Å². The van der Waals surface area contributed by atoms with E-state index >= 15 is 0 Å². The normalized spacial score (nSPS) is 23.5. The summed E-state index contributed by atoms with van der Waals surface area (Å²) in [6, 6.07) is 39.2. The van der Waals surface area contributed by atoms with Gasteiger partial charge >= 0.3 is 0 Å². The van der Waals surface area contributed by atoms with E-state index in [9.17, 15) is 0 Å². The molecule has 7 aromatic rings. The van der Waals surface area contributed by atoms with E-state index in [-0.39, 0.29) is 55.4 Å². The Kier molecular flexibility index (Phi) is 9.93. The fraction of sp³-hybridized carbons (Fsp3) is 0.479. The Morgan fingerprint density at radius 2 is 0.948 bits per heavy atom.